The molecule has 34 heavy (non-hydrogen) atoms. The fraction of sp³-hybridized carbons (Fsp3) is 0.417. The topological polar surface area (TPSA) is 114 Å². The molecule has 2 bridgehead atoms. The number of hydrogen-bond donors (Lipinski definition) is 2. The first-order chi connectivity index (χ1) is 16.0. The Morgan fingerprint density at radius 3 is 2.62 bits per heavy atom. The third kappa shape index (κ3) is 3.40. The van der Waals surface area contributed by atoms with Crippen LogP contribution in [-0.2, 0) is 19.1 Å². The van der Waals surface area contributed by atoms with Crippen LogP contribution >= 0.6 is 0 Å². The molecule has 0 aliphatic carbocycles. The van der Waals surface area contributed by atoms with Crippen LogP contribution in [0.5, 0.6) is 0 Å². The zero-order chi connectivity index (χ0) is 24.4. The molecule has 0 saturated carbocycles. The SMILES string of the molecule is Cc1cc(NC(=O)[C@H]2[C@H]3C(=O)N(c4cccc(F)c4)[C@H](C(=O)NC(C)(C)C)[C@@]34C=C[C@H]2O4)no1. The summed E-state index contributed by atoms with van der Waals surface area (Å²) in [4.78, 5) is 41.9. The molecule has 2 saturated heterocycles. The van der Waals surface area contributed by atoms with Gasteiger partial charge in [0, 0.05) is 17.3 Å². The minimum atomic E-state index is -1.37. The Balaban J connectivity index is 1.56. The average Bonchev–Trinajstić information content (AvgIpc) is 3.47. The molecule has 5 atom stereocenters. The predicted octanol–water partition coefficient (Wildman–Crippen LogP) is 2.33. The Morgan fingerprint density at radius 2 is 1.97 bits per heavy atom. The van der Waals surface area contributed by atoms with Gasteiger partial charge in [-0.2, -0.15) is 0 Å². The molecule has 3 aliphatic heterocycles. The first kappa shape index (κ1) is 22.3. The van der Waals surface area contributed by atoms with Gasteiger partial charge >= 0.3 is 0 Å². The molecule has 10 heteroatoms. The maximum atomic E-state index is 14.1. The second-order valence-corrected chi connectivity index (χ2v) is 9.94. The first-order valence-electron chi connectivity index (χ1n) is 11.0. The normalized spacial score (nSPS) is 29.4. The van der Waals surface area contributed by atoms with E-state index in [0.717, 1.165) is 0 Å². The molecule has 178 valence electrons. The standard InChI is InChI=1S/C24H25FN4O5/c1-12-10-16(28-34-12)26-20(30)17-15-8-9-24(33-15)18(17)22(32)29(14-7-5-6-13(25)11-14)19(24)21(31)27-23(2,3)4/h5-11,15,17-19H,1-4H3,(H,27,31)(H,26,28,30)/t15-,17-,18+,19-,24-/m1/s1. The molecular weight excluding hydrogens is 443 g/mol. The second kappa shape index (κ2) is 7.49. The van der Waals surface area contributed by atoms with Gasteiger partial charge in [0.25, 0.3) is 0 Å². The van der Waals surface area contributed by atoms with Crippen molar-refractivity contribution < 1.29 is 28.0 Å². The predicted molar refractivity (Wildman–Crippen MR) is 119 cm³/mol. The highest BCUT2D eigenvalue weighted by atomic mass is 19.1. The zero-order valence-electron chi connectivity index (χ0n) is 19.2. The van der Waals surface area contributed by atoms with Crippen LogP contribution in [0.2, 0.25) is 0 Å². The highest BCUT2D eigenvalue weighted by Crippen LogP contribution is 2.56. The number of aryl methyl sites for hydroxylation is 1. The van der Waals surface area contributed by atoms with Crippen LogP contribution in [0.1, 0.15) is 26.5 Å². The van der Waals surface area contributed by atoms with Crippen molar-refractivity contribution in [3.8, 4) is 0 Å². The monoisotopic (exact) mass is 468 g/mol. The van der Waals surface area contributed by atoms with E-state index in [1.165, 1.54) is 23.1 Å². The summed E-state index contributed by atoms with van der Waals surface area (Å²) in [6.45, 7) is 7.16. The lowest BCUT2D eigenvalue weighted by molar-refractivity contribution is -0.129. The van der Waals surface area contributed by atoms with E-state index in [2.05, 4.69) is 15.8 Å². The smallest absolute Gasteiger partial charge is 0.246 e. The van der Waals surface area contributed by atoms with Crippen LogP contribution < -0.4 is 15.5 Å². The van der Waals surface area contributed by atoms with Gasteiger partial charge in [0.15, 0.2) is 5.82 Å². The third-order valence-corrected chi connectivity index (χ3v) is 6.29. The molecule has 3 aliphatic rings. The van der Waals surface area contributed by atoms with Crippen LogP contribution in [0, 0.1) is 24.6 Å². The van der Waals surface area contributed by atoms with Gasteiger partial charge in [-0.15, -0.1) is 0 Å². The molecule has 5 rings (SSSR count). The van der Waals surface area contributed by atoms with Gasteiger partial charge < -0.3 is 19.9 Å². The van der Waals surface area contributed by atoms with E-state index in [4.69, 9.17) is 9.26 Å². The molecule has 4 heterocycles. The maximum absolute atomic E-state index is 14.1. The fourth-order valence-electron chi connectivity index (χ4n) is 5.15. The lowest BCUT2D eigenvalue weighted by Gasteiger charge is -2.34. The van der Waals surface area contributed by atoms with Crippen LogP contribution in [0.4, 0.5) is 15.9 Å². The minimum Gasteiger partial charge on any atom is -0.360 e. The molecular formula is C24H25FN4O5. The lowest BCUT2D eigenvalue weighted by atomic mass is 9.74. The number of aromatic nitrogens is 1. The average molecular weight is 468 g/mol. The molecule has 1 aromatic heterocycles. The van der Waals surface area contributed by atoms with Gasteiger partial charge in [-0.05, 0) is 45.9 Å². The third-order valence-electron chi connectivity index (χ3n) is 6.29. The number of anilines is 2. The first-order valence-corrected chi connectivity index (χ1v) is 11.0. The lowest BCUT2D eigenvalue weighted by Crippen LogP contribution is -2.58. The summed E-state index contributed by atoms with van der Waals surface area (Å²) in [7, 11) is 0. The Morgan fingerprint density at radius 1 is 1.21 bits per heavy atom. The summed E-state index contributed by atoms with van der Waals surface area (Å²) in [5.74, 6) is -3.10. The maximum Gasteiger partial charge on any atom is 0.246 e. The van der Waals surface area contributed by atoms with Gasteiger partial charge in [0.2, 0.25) is 17.7 Å². The van der Waals surface area contributed by atoms with Crippen molar-refractivity contribution in [2.45, 2.75) is 51.0 Å². The van der Waals surface area contributed by atoms with E-state index in [0.29, 0.717) is 5.76 Å². The highest BCUT2D eigenvalue weighted by Gasteiger charge is 2.73. The van der Waals surface area contributed by atoms with Gasteiger partial charge in [0.1, 0.15) is 23.2 Å². The molecule has 2 N–H and O–H groups in total. The highest BCUT2D eigenvalue weighted by molar-refractivity contribution is 6.11. The number of hydrogen-bond acceptors (Lipinski definition) is 6. The van der Waals surface area contributed by atoms with Gasteiger partial charge in [-0.1, -0.05) is 23.4 Å². The summed E-state index contributed by atoms with van der Waals surface area (Å²) in [5.41, 5.74) is -1.75. The number of amides is 3. The second-order valence-electron chi connectivity index (χ2n) is 9.94. The molecule has 0 unspecified atom stereocenters. The minimum absolute atomic E-state index is 0.217. The van der Waals surface area contributed by atoms with Gasteiger partial charge in [-0.3, -0.25) is 19.3 Å². The van der Waals surface area contributed by atoms with Crippen LogP contribution in [0.25, 0.3) is 0 Å². The van der Waals surface area contributed by atoms with E-state index in [9.17, 15) is 18.8 Å². The Labute approximate surface area is 195 Å². The number of nitrogens with zero attached hydrogens (tertiary/aromatic N) is 2. The van der Waals surface area contributed by atoms with Crippen molar-refractivity contribution >= 4 is 29.2 Å². The summed E-state index contributed by atoms with van der Waals surface area (Å²) in [6, 6.07) is 5.90. The number of carbonyl (C=O) groups is 3. The number of nitrogens with one attached hydrogen (secondary N) is 2. The Kier molecular flexibility index (Phi) is 4.91. The molecule has 0 radical (unpaired) electrons. The number of rotatable bonds is 4. The Bertz CT molecular complexity index is 1220. The summed E-state index contributed by atoms with van der Waals surface area (Å²) in [6.07, 6.45) is 2.70. The van der Waals surface area contributed by atoms with E-state index >= 15 is 0 Å². The van der Waals surface area contributed by atoms with Crippen molar-refractivity contribution in [1.29, 1.82) is 0 Å². The molecule has 9 nitrogen and oxygen atoms in total. The summed E-state index contributed by atoms with van der Waals surface area (Å²) in [5, 5.41) is 9.37. The van der Waals surface area contributed by atoms with Crippen LogP contribution in [0.15, 0.2) is 47.0 Å². The Hall–Kier alpha value is -3.53. The number of benzene rings is 1. The van der Waals surface area contributed by atoms with Crippen molar-refractivity contribution in [2.24, 2.45) is 11.8 Å². The summed E-state index contributed by atoms with van der Waals surface area (Å²) < 4.78 is 25.3. The largest absolute Gasteiger partial charge is 0.360 e. The van der Waals surface area contributed by atoms with Crippen molar-refractivity contribution in [1.82, 2.24) is 10.5 Å². The zero-order valence-corrected chi connectivity index (χ0v) is 19.2. The van der Waals surface area contributed by atoms with E-state index < -0.39 is 58.7 Å². The molecule has 3 amide bonds. The number of carbonyl (C=O) groups excluding carboxylic acids is 3. The molecule has 2 fully saturated rings. The quantitative estimate of drug-likeness (QED) is 0.666. The van der Waals surface area contributed by atoms with Crippen LogP contribution in [0.3, 0.4) is 0 Å². The van der Waals surface area contributed by atoms with Gasteiger partial charge in [0.05, 0.1) is 17.9 Å². The molecule has 1 aromatic carbocycles. The van der Waals surface area contributed by atoms with E-state index in [1.807, 2.05) is 20.8 Å². The van der Waals surface area contributed by atoms with Crippen molar-refractivity contribution in [2.75, 3.05) is 10.2 Å². The number of halogens is 1. The number of fused-ring (bicyclic) bond motifs is 1. The van der Waals surface area contributed by atoms with E-state index in [-0.39, 0.29) is 11.5 Å². The van der Waals surface area contributed by atoms with Crippen molar-refractivity contribution in [3.05, 3.63) is 54.1 Å². The fourth-order valence-corrected chi connectivity index (χ4v) is 5.15. The van der Waals surface area contributed by atoms with Crippen molar-refractivity contribution in [3.63, 3.8) is 0 Å². The molecule has 1 spiro atoms. The van der Waals surface area contributed by atoms with E-state index in [1.54, 1.807) is 31.2 Å². The number of ether oxygens (including phenoxy) is 1. The molecule has 2 aromatic rings. The van der Waals surface area contributed by atoms with Gasteiger partial charge in [-0.25, -0.2) is 4.39 Å². The van der Waals surface area contributed by atoms with Crippen LogP contribution in [-0.4, -0.2) is 46.2 Å². The summed E-state index contributed by atoms with van der Waals surface area (Å²) >= 11 is 0.